The second-order valence-corrected chi connectivity index (χ2v) is 5.48. The van der Waals surface area contributed by atoms with Gasteiger partial charge in [-0.05, 0) is 26.4 Å². The van der Waals surface area contributed by atoms with Gasteiger partial charge in [0.15, 0.2) is 0 Å². The number of halogens is 1. The van der Waals surface area contributed by atoms with E-state index in [1.165, 1.54) is 39.0 Å². The van der Waals surface area contributed by atoms with Crippen LogP contribution in [0.3, 0.4) is 0 Å². The van der Waals surface area contributed by atoms with Crippen molar-refractivity contribution in [2.24, 2.45) is 5.41 Å². The summed E-state index contributed by atoms with van der Waals surface area (Å²) in [5.41, 5.74) is 0.689. The molecule has 3 heteroatoms. The summed E-state index contributed by atoms with van der Waals surface area (Å²) >= 11 is 2.43. The van der Waals surface area contributed by atoms with Gasteiger partial charge < -0.3 is 4.90 Å². The Morgan fingerprint density at radius 2 is 2.00 bits per heavy atom. The predicted octanol–water partition coefficient (Wildman–Crippen LogP) is 1.36. The number of hydrogen-bond donors (Lipinski definition) is 0. The molecule has 0 N–H and O–H groups in total. The average molecular weight is 266 g/mol. The van der Waals surface area contributed by atoms with Gasteiger partial charge in [0.1, 0.15) is 0 Å². The first-order chi connectivity index (χ1) is 5.20. The molecule has 11 heavy (non-hydrogen) atoms. The highest BCUT2D eigenvalue weighted by Crippen LogP contribution is 2.39. The van der Waals surface area contributed by atoms with Gasteiger partial charge in [-0.1, -0.05) is 0 Å². The van der Waals surface area contributed by atoms with E-state index in [1.807, 2.05) is 0 Å². The summed E-state index contributed by atoms with van der Waals surface area (Å²) in [4.78, 5) is 2.48. The van der Waals surface area contributed by atoms with Crippen LogP contribution in [0.25, 0.3) is 0 Å². The molecule has 2 nitrogen and oxygen atoms in total. The quantitative estimate of drug-likeness (QED) is 0.482. The smallest absolute Gasteiger partial charge is 0.0202 e. The Hall–Kier alpha value is 0.650. The Morgan fingerprint density at radius 3 is 2.55 bits per heavy atom. The lowest BCUT2D eigenvalue weighted by atomic mass is 9.75. The fraction of sp³-hybridized carbons (Fsp3) is 1.00. The van der Waals surface area contributed by atoms with E-state index >= 15 is 0 Å². The van der Waals surface area contributed by atoms with Gasteiger partial charge in [0.25, 0.3) is 0 Å². The van der Waals surface area contributed by atoms with Gasteiger partial charge in [-0.15, -0.1) is 0 Å². The van der Waals surface area contributed by atoms with E-state index in [0.717, 1.165) is 0 Å². The third-order valence-electron chi connectivity index (χ3n) is 2.87. The first-order valence-corrected chi connectivity index (χ1v) is 5.26. The summed E-state index contributed by atoms with van der Waals surface area (Å²) in [5, 5.41) is 0. The maximum atomic E-state index is 2.48. The van der Waals surface area contributed by atoms with Crippen molar-refractivity contribution in [3.63, 3.8) is 0 Å². The first kappa shape index (κ1) is 8.26. The first-order valence-electron chi connectivity index (χ1n) is 4.30. The molecular formula is C8H15IN2. The minimum atomic E-state index is 0.689. The highest BCUT2D eigenvalue weighted by molar-refractivity contribution is 14.1. The number of likely N-dealkylation sites (tertiary alicyclic amines) is 1. The van der Waals surface area contributed by atoms with Crippen LogP contribution in [0.15, 0.2) is 0 Å². The van der Waals surface area contributed by atoms with Crippen molar-refractivity contribution < 1.29 is 0 Å². The lowest BCUT2D eigenvalue weighted by Gasteiger charge is -2.51. The van der Waals surface area contributed by atoms with Crippen molar-refractivity contribution in [3.05, 3.63) is 0 Å². The summed E-state index contributed by atoms with van der Waals surface area (Å²) in [5.74, 6) is 0. The fourth-order valence-electron chi connectivity index (χ4n) is 2.39. The SMILES string of the molecule is CN1CCCC2(C1)CN(I)C2. The molecule has 0 radical (unpaired) electrons. The van der Waals surface area contributed by atoms with E-state index in [-0.39, 0.29) is 0 Å². The molecule has 0 aliphatic carbocycles. The highest BCUT2D eigenvalue weighted by atomic mass is 127. The van der Waals surface area contributed by atoms with Crippen LogP contribution in [-0.2, 0) is 0 Å². The molecule has 1 spiro atoms. The van der Waals surface area contributed by atoms with Crippen molar-refractivity contribution in [3.8, 4) is 0 Å². The molecule has 2 fully saturated rings. The molecule has 0 aromatic carbocycles. The van der Waals surface area contributed by atoms with E-state index in [4.69, 9.17) is 0 Å². The summed E-state index contributed by atoms with van der Waals surface area (Å²) in [7, 11) is 2.25. The van der Waals surface area contributed by atoms with Crippen LogP contribution in [0, 0.1) is 5.41 Å². The van der Waals surface area contributed by atoms with Crippen molar-refractivity contribution in [1.82, 2.24) is 8.01 Å². The van der Waals surface area contributed by atoms with Crippen molar-refractivity contribution in [1.29, 1.82) is 0 Å². The molecule has 0 atom stereocenters. The summed E-state index contributed by atoms with van der Waals surface area (Å²) in [6, 6.07) is 0. The summed E-state index contributed by atoms with van der Waals surface area (Å²) in [6.45, 7) is 5.27. The van der Waals surface area contributed by atoms with Crippen molar-refractivity contribution in [2.75, 3.05) is 33.2 Å². The van der Waals surface area contributed by atoms with E-state index < -0.39 is 0 Å². The van der Waals surface area contributed by atoms with Crippen LogP contribution < -0.4 is 0 Å². The molecule has 0 aromatic rings. The number of piperidine rings is 1. The van der Waals surface area contributed by atoms with Gasteiger partial charge in [0.2, 0.25) is 0 Å². The van der Waals surface area contributed by atoms with Gasteiger partial charge in [-0.2, -0.15) is 0 Å². The fourth-order valence-corrected chi connectivity index (χ4v) is 3.84. The van der Waals surface area contributed by atoms with Gasteiger partial charge >= 0.3 is 0 Å². The Kier molecular flexibility index (Phi) is 2.14. The number of hydrogen-bond acceptors (Lipinski definition) is 2. The largest absolute Gasteiger partial charge is 0.306 e. The van der Waals surface area contributed by atoms with Gasteiger partial charge in [-0.3, -0.25) is 0 Å². The predicted molar refractivity (Wildman–Crippen MR) is 54.8 cm³/mol. The molecule has 2 heterocycles. The van der Waals surface area contributed by atoms with Gasteiger partial charge in [0, 0.05) is 47.9 Å². The van der Waals surface area contributed by atoms with Crippen LogP contribution in [0.1, 0.15) is 12.8 Å². The maximum absolute atomic E-state index is 2.48. The van der Waals surface area contributed by atoms with E-state index in [9.17, 15) is 0 Å². The zero-order valence-electron chi connectivity index (χ0n) is 7.02. The Balaban J connectivity index is 1.93. The topological polar surface area (TPSA) is 6.48 Å². The lowest BCUT2D eigenvalue weighted by molar-refractivity contribution is 0.0145. The summed E-state index contributed by atoms with van der Waals surface area (Å²) < 4.78 is 2.40. The van der Waals surface area contributed by atoms with Crippen LogP contribution in [0.5, 0.6) is 0 Å². The molecule has 0 saturated carbocycles. The standard InChI is InChI=1S/C8H15IN2/c1-10-4-2-3-8(5-10)6-11(9)7-8/h2-7H2,1H3. The van der Waals surface area contributed by atoms with Crippen LogP contribution in [0.2, 0.25) is 0 Å². The average Bonchev–Trinajstić information content (AvgIpc) is 1.84. The number of rotatable bonds is 0. The molecule has 0 bridgehead atoms. The second kappa shape index (κ2) is 2.85. The van der Waals surface area contributed by atoms with E-state index in [1.54, 1.807) is 0 Å². The molecule has 2 aliphatic heterocycles. The monoisotopic (exact) mass is 266 g/mol. The zero-order valence-corrected chi connectivity index (χ0v) is 9.17. The molecular weight excluding hydrogens is 251 g/mol. The third-order valence-corrected chi connectivity index (χ3v) is 3.55. The zero-order chi connectivity index (χ0) is 7.90. The Bertz CT molecular complexity index is 149. The molecule has 0 amide bonds. The minimum absolute atomic E-state index is 0.689. The van der Waals surface area contributed by atoms with Crippen LogP contribution in [-0.4, -0.2) is 41.2 Å². The molecule has 0 unspecified atom stereocenters. The van der Waals surface area contributed by atoms with E-state index in [0.29, 0.717) is 5.41 Å². The minimum Gasteiger partial charge on any atom is -0.306 e. The van der Waals surface area contributed by atoms with Crippen molar-refractivity contribution >= 4 is 22.9 Å². The maximum Gasteiger partial charge on any atom is 0.0202 e. The lowest BCUT2D eigenvalue weighted by Crippen LogP contribution is -2.58. The second-order valence-electron chi connectivity index (χ2n) is 4.12. The Morgan fingerprint density at radius 1 is 1.27 bits per heavy atom. The molecule has 2 saturated heterocycles. The van der Waals surface area contributed by atoms with Crippen LogP contribution >= 0.6 is 22.9 Å². The number of nitrogens with zero attached hydrogens (tertiary/aromatic N) is 2. The van der Waals surface area contributed by atoms with Gasteiger partial charge in [-0.25, -0.2) is 3.11 Å². The molecule has 2 rings (SSSR count). The molecule has 0 aromatic heterocycles. The Labute approximate surface area is 82.4 Å². The molecule has 64 valence electrons. The summed E-state index contributed by atoms with van der Waals surface area (Å²) in [6.07, 6.45) is 2.86. The van der Waals surface area contributed by atoms with Crippen molar-refractivity contribution in [2.45, 2.75) is 12.8 Å². The van der Waals surface area contributed by atoms with Crippen LogP contribution in [0.4, 0.5) is 0 Å². The van der Waals surface area contributed by atoms with E-state index in [2.05, 4.69) is 37.9 Å². The molecule has 2 aliphatic rings. The normalized spacial score (nSPS) is 32.2. The van der Waals surface area contributed by atoms with Gasteiger partial charge in [0.05, 0.1) is 0 Å². The third kappa shape index (κ3) is 1.55. The highest BCUT2D eigenvalue weighted by Gasteiger charge is 2.43.